The molecule has 0 aromatic heterocycles. The van der Waals surface area contributed by atoms with E-state index in [9.17, 15) is 4.79 Å². The first-order valence-electron chi connectivity index (χ1n) is 7.70. The molecule has 2 rings (SSSR count). The van der Waals surface area contributed by atoms with Crippen molar-refractivity contribution in [3.8, 4) is 0 Å². The Morgan fingerprint density at radius 3 is 2.59 bits per heavy atom. The topological polar surface area (TPSA) is 29.5 Å². The average molecular weight is 389 g/mol. The molecule has 0 bridgehead atoms. The molecule has 1 amide bonds. The molecule has 1 fully saturated rings. The highest BCUT2D eigenvalue weighted by molar-refractivity contribution is 9.10. The number of carbonyl (C=O) groups is 1. The van der Waals surface area contributed by atoms with Gasteiger partial charge in [0.05, 0.1) is 11.6 Å². The number of hydrogen-bond donors (Lipinski definition) is 0. The minimum Gasteiger partial charge on any atom is -0.444 e. The number of nitrogens with zero attached hydrogens (tertiary/aromatic N) is 1. The van der Waals surface area contributed by atoms with Gasteiger partial charge in [0.1, 0.15) is 5.60 Å². The van der Waals surface area contributed by atoms with E-state index in [1.54, 1.807) is 0 Å². The van der Waals surface area contributed by atoms with Crippen molar-refractivity contribution in [1.29, 1.82) is 0 Å². The van der Waals surface area contributed by atoms with E-state index in [0.29, 0.717) is 11.6 Å². The fourth-order valence-electron chi connectivity index (χ4n) is 2.73. The number of hydrogen-bond acceptors (Lipinski definition) is 2. The van der Waals surface area contributed by atoms with E-state index in [2.05, 4.69) is 15.9 Å². The van der Waals surface area contributed by atoms with E-state index in [-0.39, 0.29) is 12.1 Å². The highest BCUT2D eigenvalue weighted by Gasteiger charge is 2.30. The first-order chi connectivity index (χ1) is 10.3. The fraction of sp³-hybridized carbons (Fsp3) is 0.588. The Morgan fingerprint density at radius 2 is 2.00 bits per heavy atom. The molecule has 0 atom stereocenters. The summed E-state index contributed by atoms with van der Waals surface area (Å²) in [6, 6.07) is 5.98. The number of rotatable bonds is 3. The van der Waals surface area contributed by atoms with E-state index in [4.69, 9.17) is 16.3 Å². The second-order valence-electron chi connectivity index (χ2n) is 6.76. The quantitative estimate of drug-likeness (QED) is 0.656. The van der Waals surface area contributed by atoms with Gasteiger partial charge in [-0.2, -0.15) is 0 Å². The largest absolute Gasteiger partial charge is 0.444 e. The molecule has 0 radical (unpaired) electrons. The lowest BCUT2D eigenvalue weighted by Crippen LogP contribution is -2.41. The van der Waals surface area contributed by atoms with Crippen LogP contribution in [0.5, 0.6) is 0 Å². The van der Waals surface area contributed by atoms with E-state index < -0.39 is 5.60 Å². The van der Waals surface area contributed by atoms with Crippen LogP contribution in [0.3, 0.4) is 0 Å². The van der Waals surface area contributed by atoms with Gasteiger partial charge in [0.25, 0.3) is 0 Å². The Labute approximate surface area is 146 Å². The van der Waals surface area contributed by atoms with Crippen molar-refractivity contribution in [3.05, 3.63) is 33.3 Å². The Hall–Kier alpha value is -0.740. The van der Waals surface area contributed by atoms with Gasteiger partial charge in [-0.25, -0.2) is 4.79 Å². The summed E-state index contributed by atoms with van der Waals surface area (Å²) >= 11 is 9.68. The van der Waals surface area contributed by atoms with Crippen LogP contribution in [-0.2, 0) is 11.3 Å². The molecular weight excluding hydrogens is 366 g/mol. The molecule has 0 saturated heterocycles. The number of carbonyl (C=O) groups excluding carboxylic acids is 1. The molecule has 1 aliphatic rings. The van der Waals surface area contributed by atoms with Crippen molar-refractivity contribution in [1.82, 2.24) is 4.90 Å². The lowest BCUT2D eigenvalue weighted by atomic mass is 10.1. The zero-order valence-corrected chi connectivity index (χ0v) is 15.7. The van der Waals surface area contributed by atoms with Crippen molar-refractivity contribution in [2.75, 3.05) is 0 Å². The molecule has 0 spiro atoms. The molecule has 0 N–H and O–H groups in total. The molecule has 22 heavy (non-hydrogen) atoms. The van der Waals surface area contributed by atoms with E-state index in [1.807, 2.05) is 43.9 Å². The van der Waals surface area contributed by atoms with Crippen LogP contribution >= 0.6 is 27.5 Å². The second-order valence-corrected chi connectivity index (χ2v) is 7.96. The maximum Gasteiger partial charge on any atom is 0.410 e. The van der Waals surface area contributed by atoms with Crippen molar-refractivity contribution in [2.45, 2.75) is 64.6 Å². The molecule has 1 aromatic rings. The van der Waals surface area contributed by atoms with Crippen LogP contribution in [0.4, 0.5) is 4.79 Å². The smallest absolute Gasteiger partial charge is 0.410 e. The predicted molar refractivity (Wildman–Crippen MR) is 93.2 cm³/mol. The summed E-state index contributed by atoms with van der Waals surface area (Å²) in [5.41, 5.74) is 0.518. The summed E-state index contributed by atoms with van der Waals surface area (Å²) < 4.78 is 6.44. The Balaban J connectivity index is 2.21. The molecule has 0 unspecified atom stereocenters. The maximum atomic E-state index is 12.6. The lowest BCUT2D eigenvalue weighted by Gasteiger charge is -2.32. The molecule has 0 heterocycles. The lowest BCUT2D eigenvalue weighted by molar-refractivity contribution is 0.0144. The summed E-state index contributed by atoms with van der Waals surface area (Å²) in [6.07, 6.45) is 4.17. The van der Waals surface area contributed by atoms with Crippen molar-refractivity contribution >= 4 is 33.6 Å². The van der Waals surface area contributed by atoms with Crippen LogP contribution in [0.25, 0.3) is 0 Å². The number of amides is 1. The SMILES string of the molecule is CC(C)(C)OC(=O)N(Cc1cccc(Cl)c1Br)C1CCCC1. The first kappa shape index (κ1) is 17.6. The monoisotopic (exact) mass is 387 g/mol. The summed E-state index contributed by atoms with van der Waals surface area (Å²) in [5.74, 6) is 0. The number of halogens is 2. The zero-order valence-electron chi connectivity index (χ0n) is 13.4. The average Bonchev–Trinajstić information content (AvgIpc) is 2.92. The summed E-state index contributed by atoms with van der Waals surface area (Å²) in [4.78, 5) is 14.5. The van der Waals surface area contributed by atoms with Crippen LogP contribution in [0, 0.1) is 0 Å². The fourth-order valence-corrected chi connectivity index (χ4v) is 3.32. The van der Waals surface area contributed by atoms with Gasteiger partial charge in [-0.05, 0) is 61.2 Å². The van der Waals surface area contributed by atoms with Crippen LogP contribution in [0.1, 0.15) is 52.0 Å². The normalized spacial score (nSPS) is 15.9. The maximum absolute atomic E-state index is 12.6. The molecule has 1 aliphatic carbocycles. The van der Waals surface area contributed by atoms with E-state index in [0.717, 1.165) is 22.9 Å². The van der Waals surface area contributed by atoms with Gasteiger partial charge in [-0.1, -0.05) is 36.6 Å². The van der Waals surface area contributed by atoms with Gasteiger partial charge in [-0.3, -0.25) is 0 Å². The van der Waals surface area contributed by atoms with Crippen molar-refractivity contribution < 1.29 is 9.53 Å². The summed E-state index contributed by atoms with van der Waals surface area (Å²) in [6.45, 7) is 6.20. The van der Waals surface area contributed by atoms with Crippen LogP contribution in [0.2, 0.25) is 5.02 Å². The highest BCUT2D eigenvalue weighted by Crippen LogP contribution is 2.31. The van der Waals surface area contributed by atoms with Crippen LogP contribution < -0.4 is 0 Å². The number of ether oxygens (including phenoxy) is 1. The Morgan fingerprint density at radius 1 is 1.36 bits per heavy atom. The molecular formula is C17H23BrClNO2. The Bertz CT molecular complexity index is 536. The second kappa shape index (κ2) is 7.22. The molecule has 1 aromatic carbocycles. The minimum absolute atomic E-state index is 0.244. The third-order valence-electron chi connectivity index (χ3n) is 3.77. The van der Waals surface area contributed by atoms with Gasteiger partial charge in [0, 0.05) is 10.5 Å². The predicted octanol–water partition coefficient (Wildman–Crippen LogP) is 5.78. The van der Waals surface area contributed by atoms with Gasteiger partial charge in [0.15, 0.2) is 0 Å². The molecule has 1 saturated carbocycles. The van der Waals surface area contributed by atoms with Gasteiger partial charge >= 0.3 is 6.09 Å². The van der Waals surface area contributed by atoms with Gasteiger partial charge in [-0.15, -0.1) is 0 Å². The Kier molecular flexibility index (Phi) is 5.78. The van der Waals surface area contributed by atoms with Gasteiger partial charge in [0.2, 0.25) is 0 Å². The van der Waals surface area contributed by atoms with E-state index >= 15 is 0 Å². The summed E-state index contributed by atoms with van der Waals surface area (Å²) in [7, 11) is 0. The molecule has 0 aliphatic heterocycles. The highest BCUT2D eigenvalue weighted by atomic mass is 79.9. The van der Waals surface area contributed by atoms with Crippen molar-refractivity contribution in [3.63, 3.8) is 0 Å². The van der Waals surface area contributed by atoms with Gasteiger partial charge < -0.3 is 9.64 Å². The van der Waals surface area contributed by atoms with Crippen molar-refractivity contribution in [2.24, 2.45) is 0 Å². The molecule has 122 valence electrons. The standard InChI is InChI=1S/C17H23BrClNO2/c1-17(2,3)22-16(21)20(13-8-4-5-9-13)11-12-7-6-10-14(19)15(12)18/h6-7,10,13H,4-5,8-9,11H2,1-3H3. The molecule has 3 nitrogen and oxygen atoms in total. The van der Waals surface area contributed by atoms with Crippen LogP contribution in [0.15, 0.2) is 22.7 Å². The minimum atomic E-state index is -0.487. The van der Waals surface area contributed by atoms with E-state index in [1.165, 1.54) is 12.8 Å². The first-order valence-corrected chi connectivity index (χ1v) is 8.87. The number of benzene rings is 1. The molecule has 5 heteroatoms. The third-order valence-corrected chi connectivity index (χ3v) is 5.25. The summed E-state index contributed by atoms with van der Waals surface area (Å²) in [5, 5.41) is 0.660. The third kappa shape index (κ3) is 4.63. The zero-order chi connectivity index (χ0) is 16.3. The van der Waals surface area contributed by atoms with Crippen LogP contribution in [-0.4, -0.2) is 22.6 Å².